The van der Waals surface area contributed by atoms with Crippen molar-refractivity contribution in [2.75, 3.05) is 6.54 Å². The minimum atomic E-state index is -0.151. The zero-order chi connectivity index (χ0) is 13.8. The second-order valence-electron chi connectivity index (χ2n) is 5.27. The highest BCUT2D eigenvalue weighted by Crippen LogP contribution is 2.19. The maximum atomic E-state index is 12.3. The normalized spacial score (nSPS) is 21.4. The molecule has 0 aliphatic carbocycles. The number of amides is 1. The van der Waals surface area contributed by atoms with Crippen molar-refractivity contribution < 1.29 is 4.79 Å². The SMILES string of the molecule is CCC1CCCCN1C(=O)Cn1cc(C(C)N)nn1. The van der Waals surface area contributed by atoms with Gasteiger partial charge in [-0.2, -0.15) is 0 Å². The lowest BCUT2D eigenvalue weighted by Gasteiger charge is -2.35. The third kappa shape index (κ3) is 3.32. The summed E-state index contributed by atoms with van der Waals surface area (Å²) in [4.78, 5) is 14.3. The lowest BCUT2D eigenvalue weighted by Crippen LogP contribution is -2.44. The second kappa shape index (κ2) is 6.14. The molecule has 0 spiro atoms. The van der Waals surface area contributed by atoms with Crippen LogP contribution in [-0.2, 0) is 11.3 Å². The summed E-state index contributed by atoms with van der Waals surface area (Å²) in [6.07, 6.45) is 6.22. The molecule has 0 saturated carbocycles. The first-order chi connectivity index (χ1) is 9.11. The van der Waals surface area contributed by atoms with Crippen LogP contribution in [-0.4, -0.2) is 38.4 Å². The standard InChI is InChI=1S/C13H23N5O/c1-3-11-6-4-5-7-18(11)13(19)9-17-8-12(10(2)14)15-16-17/h8,10-11H,3-7,9,14H2,1-2H3. The van der Waals surface area contributed by atoms with Crippen LogP contribution in [0.25, 0.3) is 0 Å². The van der Waals surface area contributed by atoms with E-state index in [1.807, 2.05) is 11.8 Å². The molecule has 19 heavy (non-hydrogen) atoms. The van der Waals surface area contributed by atoms with E-state index in [1.165, 1.54) is 6.42 Å². The number of nitrogens with two attached hydrogens (primary N) is 1. The average molecular weight is 265 g/mol. The summed E-state index contributed by atoms with van der Waals surface area (Å²) in [7, 11) is 0. The van der Waals surface area contributed by atoms with E-state index in [2.05, 4.69) is 17.2 Å². The number of carbonyl (C=O) groups is 1. The van der Waals surface area contributed by atoms with Crippen molar-refractivity contribution >= 4 is 5.91 Å². The van der Waals surface area contributed by atoms with Crippen molar-refractivity contribution in [1.29, 1.82) is 0 Å². The van der Waals surface area contributed by atoms with Crippen LogP contribution in [0.5, 0.6) is 0 Å². The van der Waals surface area contributed by atoms with E-state index >= 15 is 0 Å². The minimum absolute atomic E-state index is 0.132. The van der Waals surface area contributed by atoms with Crippen LogP contribution in [0.1, 0.15) is 51.3 Å². The molecule has 1 aliphatic heterocycles. The van der Waals surface area contributed by atoms with Crippen molar-refractivity contribution in [2.45, 2.75) is 58.2 Å². The molecule has 1 aromatic heterocycles. The van der Waals surface area contributed by atoms with Crippen molar-refractivity contribution in [3.8, 4) is 0 Å². The van der Waals surface area contributed by atoms with Gasteiger partial charge in [0.2, 0.25) is 5.91 Å². The Morgan fingerprint density at radius 3 is 3.00 bits per heavy atom. The number of nitrogens with zero attached hydrogens (tertiary/aromatic N) is 4. The highest BCUT2D eigenvalue weighted by molar-refractivity contribution is 5.76. The number of hydrogen-bond acceptors (Lipinski definition) is 4. The Morgan fingerprint density at radius 1 is 1.58 bits per heavy atom. The fourth-order valence-electron chi connectivity index (χ4n) is 2.58. The molecule has 0 aromatic carbocycles. The number of likely N-dealkylation sites (tertiary alicyclic amines) is 1. The van der Waals surface area contributed by atoms with Gasteiger partial charge in [-0.15, -0.1) is 5.10 Å². The molecule has 0 radical (unpaired) electrons. The Morgan fingerprint density at radius 2 is 2.37 bits per heavy atom. The monoisotopic (exact) mass is 265 g/mol. The average Bonchev–Trinajstić information content (AvgIpc) is 2.87. The van der Waals surface area contributed by atoms with Crippen LogP contribution in [0.3, 0.4) is 0 Å². The molecule has 2 heterocycles. The Balaban J connectivity index is 1.99. The molecule has 106 valence electrons. The van der Waals surface area contributed by atoms with Gasteiger partial charge >= 0.3 is 0 Å². The van der Waals surface area contributed by atoms with Gasteiger partial charge in [0.15, 0.2) is 0 Å². The van der Waals surface area contributed by atoms with Crippen LogP contribution in [0.15, 0.2) is 6.20 Å². The zero-order valence-corrected chi connectivity index (χ0v) is 11.7. The van der Waals surface area contributed by atoms with Crippen LogP contribution < -0.4 is 5.73 Å². The molecule has 6 nitrogen and oxygen atoms in total. The van der Waals surface area contributed by atoms with E-state index in [9.17, 15) is 4.79 Å². The first-order valence-electron chi connectivity index (χ1n) is 7.07. The van der Waals surface area contributed by atoms with Gasteiger partial charge in [0.25, 0.3) is 0 Å². The molecule has 6 heteroatoms. The highest BCUT2D eigenvalue weighted by Gasteiger charge is 2.25. The number of carbonyl (C=O) groups excluding carboxylic acids is 1. The number of rotatable bonds is 4. The minimum Gasteiger partial charge on any atom is -0.338 e. The van der Waals surface area contributed by atoms with Gasteiger partial charge in [-0.1, -0.05) is 12.1 Å². The van der Waals surface area contributed by atoms with Gasteiger partial charge in [0.1, 0.15) is 6.54 Å². The Labute approximate surface area is 113 Å². The maximum absolute atomic E-state index is 12.3. The lowest BCUT2D eigenvalue weighted by molar-refractivity contribution is -0.135. The van der Waals surface area contributed by atoms with E-state index in [4.69, 9.17) is 5.73 Å². The molecular weight excluding hydrogens is 242 g/mol. The van der Waals surface area contributed by atoms with Crippen LogP contribution in [0.4, 0.5) is 0 Å². The predicted molar refractivity (Wildman–Crippen MR) is 72.3 cm³/mol. The summed E-state index contributed by atoms with van der Waals surface area (Å²) in [6.45, 7) is 5.12. The molecule has 0 bridgehead atoms. The van der Waals surface area contributed by atoms with Crippen molar-refractivity contribution in [2.24, 2.45) is 5.73 Å². The van der Waals surface area contributed by atoms with Gasteiger partial charge in [0.05, 0.1) is 11.9 Å². The smallest absolute Gasteiger partial charge is 0.244 e. The van der Waals surface area contributed by atoms with E-state index < -0.39 is 0 Å². The molecular formula is C13H23N5O. The topological polar surface area (TPSA) is 77.0 Å². The summed E-state index contributed by atoms with van der Waals surface area (Å²) in [5, 5.41) is 7.93. The summed E-state index contributed by atoms with van der Waals surface area (Å²) in [6, 6.07) is 0.236. The molecule has 1 amide bonds. The zero-order valence-electron chi connectivity index (χ0n) is 11.7. The van der Waals surface area contributed by atoms with Crippen molar-refractivity contribution in [1.82, 2.24) is 19.9 Å². The fourth-order valence-corrected chi connectivity index (χ4v) is 2.58. The number of aromatic nitrogens is 3. The molecule has 2 atom stereocenters. The first-order valence-corrected chi connectivity index (χ1v) is 7.07. The van der Waals surface area contributed by atoms with Gasteiger partial charge in [0, 0.05) is 18.6 Å². The highest BCUT2D eigenvalue weighted by atomic mass is 16.2. The van der Waals surface area contributed by atoms with E-state index in [-0.39, 0.29) is 18.5 Å². The van der Waals surface area contributed by atoms with E-state index in [1.54, 1.807) is 10.9 Å². The lowest BCUT2D eigenvalue weighted by atomic mass is 10.00. The summed E-state index contributed by atoms with van der Waals surface area (Å²) in [5.41, 5.74) is 6.45. The van der Waals surface area contributed by atoms with Gasteiger partial charge in [-0.25, -0.2) is 4.68 Å². The van der Waals surface area contributed by atoms with E-state index in [0.717, 1.165) is 31.5 Å². The fraction of sp³-hybridized carbons (Fsp3) is 0.769. The van der Waals surface area contributed by atoms with Crippen LogP contribution in [0, 0.1) is 0 Å². The van der Waals surface area contributed by atoms with E-state index in [0.29, 0.717) is 6.04 Å². The number of hydrogen-bond donors (Lipinski definition) is 1. The van der Waals surface area contributed by atoms with Crippen LogP contribution in [0.2, 0.25) is 0 Å². The molecule has 1 aromatic rings. The van der Waals surface area contributed by atoms with Crippen molar-refractivity contribution in [3.05, 3.63) is 11.9 Å². The Hall–Kier alpha value is -1.43. The first kappa shape index (κ1) is 14.0. The Bertz CT molecular complexity index is 428. The van der Waals surface area contributed by atoms with Crippen molar-refractivity contribution in [3.63, 3.8) is 0 Å². The Kier molecular flexibility index (Phi) is 4.52. The van der Waals surface area contributed by atoms with Gasteiger partial charge in [-0.05, 0) is 32.6 Å². The number of piperidine rings is 1. The molecule has 2 rings (SSSR count). The summed E-state index contributed by atoms with van der Waals surface area (Å²) >= 11 is 0. The van der Waals surface area contributed by atoms with Crippen LogP contribution >= 0.6 is 0 Å². The predicted octanol–water partition coefficient (Wildman–Crippen LogP) is 1.09. The second-order valence-corrected chi connectivity index (χ2v) is 5.27. The summed E-state index contributed by atoms with van der Waals surface area (Å²) in [5.74, 6) is 0.132. The van der Waals surface area contributed by atoms with Gasteiger partial charge in [-0.3, -0.25) is 4.79 Å². The summed E-state index contributed by atoms with van der Waals surface area (Å²) < 4.78 is 1.59. The quantitative estimate of drug-likeness (QED) is 0.884. The third-order valence-corrected chi connectivity index (χ3v) is 3.74. The third-order valence-electron chi connectivity index (χ3n) is 3.74. The molecule has 1 saturated heterocycles. The maximum Gasteiger partial charge on any atom is 0.244 e. The molecule has 1 fully saturated rings. The molecule has 1 aliphatic rings. The molecule has 2 unspecified atom stereocenters. The molecule has 2 N–H and O–H groups in total. The van der Waals surface area contributed by atoms with Gasteiger partial charge < -0.3 is 10.6 Å². The largest absolute Gasteiger partial charge is 0.338 e.